The van der Waals surface area contributed by atoms with Crippen LogP contribution < -0.4 is 14.8 Å². The average molecular weight is 551 g/mol. The molecule has 210 valence electrons. The number of hydrogen-bond donors (Lipinski definition) is 2. The number of aromatic amines is 1. The van der Waals surface area contributed by atoms with Crippen molar-refractivity contribution >= 4 is 25.2 Å². The SMILES string of the molecule is COc1ccc(CNc2ncnc3c2c(-c2cc(C)[nH]n2)c(CO[Si](C)(C)C(C)(C)C)n3C(C)C)c(OC)c1. The second-order valence-corrected chi connectivity index (χ2v) is 16.5. The van der Waals surface area contributed by atoms with Crippen molar-refractivity contribution in [3.8, 4) is 22.8 Å². The molecule has 0 aliphatic carbocycles. The first-order valence-electron chi connectivity index (χ1n) is 13.4. The van der Waals surface area contributed by atoms with Gasteiger partial charge in [-0.25, -0.2) is 9.97 Å². The molecule has 4 rings (SSSR count). The predicted molar refractivity (Wildman–Crippen MR) is 159 cm³/mol. The Hall–Kier alpha value is -3.37. The minimum atomic E-state index is -2.02. The van der Waals surface area contributed by atoms with Crippen LogP contribution in [0, 0.1) is 6.92 Å². The van der Waals surface area contributed by atoms with Gasteiger partial charge in [0.05, 0.1) is 37.6 Å². The van der Waals surface area contributed by atoms with Crippen molar-refractivity contribution in [3.05, 3.63) is 47.5 Å². The highest BCUT2D eigenvalue weighted by Gasteiger charge is 2.38. The summed E-state index contributed by atoms with van der Waals surface area (Å²) in [5.74, 6) is 2.23. The number of nitrogens with one attached hydrogen (secondary N) is 2. The minimum Gasteiger partial charge on any atom is -0.497 e. The molecule has 10 heteroatoms. The highest BCUT2D eigenvalue weighted by molar-refractivity contribution is 6.74. The highest BCUT2D eigenvalue weighted by Crippen LogP contribution is 2.42. The second-order valence-electron chi connectivity index (χ2n) is 11.7. The quantitative estimate of drug-likeness (QED) is 0.208. The molecule has 4 aromatic rings. The number of ether oxygens (including phenoxy) is 2. The topological polar surface area (TPSA) is 99.1 Å². The zero-order valence-corrected chi connectivity index (χ0v) is 25.9. The Bertz CT molecular complexity index is 1450. The lowest BCUT2D eigenvalue weighted by atomic mass is 10.1. The number of aryl methyl sites for hydroxylation is 1. The first-order valence-corrected chi connectivity index (χ1v) is 16.3. The summed E-state index contributed by atoms with van der Waals surface area (Å²) in [5, 5.41) is 12.4. The lowest BCUT2D eigenvalue weighted by Gasteiger charge is -2.36. The van der Waals surface area contributed by atoms with Crippen molar-refractivity contribution in [2.75, 3.05) is 19.5 Å². The summed E-state index contributed by atoms with van der Waals surface area (Å²) >= 11 is 0. The van der Waals surface area contributed by atoms with Crippen LogP contribution in [0.5, 0.6) is 11.5 Å². The Morgan fingerprint density at radius 3 is 2.41 bits per heavy atom. The van der Waals surface area contributed by atoms with Crippen LogP contribution in [-0.4, -0.2) is 47.3 Å². The molecule has 0 amide bonds. The molecule has 0 unspecified atom stereocenters. The minimum absolute atomic E-state index is 0.0920. The molecular formula is C29H42N6O3Si. The van der Waals surface area contributed by atoms with E-state index in [1.165, 1.54) is 0 Å². The summed E-state index contributed by atoms with van der Waals surface area (Å²) in [6.45, 7) is 18.7. The normalized spacial score (nSPS) is 12.4. The van der Waals surface area contributed by atoms with Gasteiger partial charge in [0.1, 0.15) is 29.3 Å². The number of nitrogens with zero attached hydrogens (tertiary/aromatic N) is 4. The van der Waals surface area contributed by atoms with E-state index in [2.05, 4.69) is 73.9 Å². The van der Waals surface area contributed by atoms with Crippen molar-refractivity contribution in [3.63, 3.8) is 0 Å². The molecule has 3 aromatic heterocycles. The maximum Gasteiger partial charge on any atom is 0.192 e. The van der Waals surface area contributed by atoms with E-state index in [-0.39, 0.29) is 11.1 Å². The Labute approximate surface area is 232 Å². The number of hydrogen-bond acceptors (Lipinski definition) is 7. The number of benzene rings is 1. The molecule has 9 nitrogen and oxygen atoms in total. The lowest BCUT2D eigenvalue weighted by Crippen LogP contribution is -2.40. The predicted octanol–water partition coefficient (Wildman–Crippen LogP) is 6.86. The van der Waals surface area contributed by atoms with Crippen LogP contribution in [0.1, 0.15) is 57.6 Å². The van der Waals surface area contributed by atoms with E-state index in [0.717, 1.165) is 56.6 Å². The largest absolute Gasteiger partial charge is 0.497 e. The lowest BCUT2D eigenvalue weighted by molar-refractivity contribution is 0.266. The third-order valence-corrected chi connectivity index (χ3v) is 12.2. The fourth-order valence-electron chi connectivity index (χ4n) is 4.48. The molecule has 0 spiro atoms. The zero-order valence-electron chi connectivity index (χ0n) is 24.9. The Kier molecular flexibility index (Phi) is 8.08. The van der Waals surface area contributed by atoms with Gasteiger partial charge in [-0.05, 0) is 57.1 Å². The van der Waals surface area contributed by atoms with Crippen LogP contribution in [-0.2, 0) is 17.6 Å². The molecule has 0 aliphatic heterocycles. The molecule has 39 heavy (non-hydrogen) atoms. The van der Waals surface area contributed by atoms with Crippen LogP contribution in [0.25, 0.3) is 22.3 Å². The van der Waals surface area contributed by atoms with Crippen LogP contribution >= 0.6 is 0 Å². The summed E-state index contributed by atoms with van der Waals surface area (Å²) in [4.78, 5) is 9.46. The van der Waals surface area contributed by atoms with Crippen molar-refractivity contribution in [2.45, 2.75) is 78.9 Å². The standard InChI is InChI=1S/C29H42N6O3Si/c1-18(2)35-23(16-38-39(9,10)29(4,5)6)25(22-13-19(3)33-34-22)26-27(31-17-32-28(26)35)30-15-20-11-12-21(36-7)14-24(20)37-8/h11-14,17-18H,15-16H2,1-10H3,(H,33,34)(H,30,31,32). The average Bonchev–Trinajstić information content (AvgIpc) is 3.46. The Balaban J connectivity index is 1.86. The molecule has 0 saturated carbocycles. The van der Waals surface area contributed by atoms with Gasteiger partial charge in [-0.3, -0.25) is 5.10 Å². The van der Waals surface area contributed by atoms with E-state index in [0.29, 0.717) is 13.2 Å². The van der Waals surface area contributed by atoms with E-state index >= 15 is 0 Å². The van der Waals surface area contributed by atoms with Crippen LogP contribution in [0.4, 0.5) is 5.82 Å². The number of fused-ring (bicyclic) bond motifs is 1. The molecule has 3 heterocycles. The zero-order chi connectivity index (χ0) is 28.5. The number of methoxy groups -OCH3 is 2. The molecule has 0 fully saturated rings. The van der Waals surface area contributed by atoms with Gasteiger partial charge in [-0.2, -0.15) is 5.10 Å². The molecule has 0 bridgehead atoms. The van der Waals surface area contributed by atoms with Gasteiger partial charge in [-0.15, -0.1) is 0 Å². The van der Waals surface area contributed by atoms with E-state index in [4.69, 9.17) is 23.9 Å². The van der Waals surface area contributed by atoms with Gasteiger partial charge in [0, 0.05) is 35.5 Å². The van der Waals surface area contributed by atoms with Gasteiger partial charge < -0.3 is 23.8 Å². The number of anilines is 1. The molecule has 2 N–H and O–H groups in total. The van der Waals surface area contributed by atoms with E-state index < -0.39 is 8.32 Å². The van der Waals surface area contributed by atoms with Crippen LogP contribution in [0.15, 0.2) is 30.6 Å². The first-order chi connectivity index (χ1) is 18.4. The maximum atomic E-state index is 6.77. The van der Waals surface area contributed by atoms with Crippen molar-refractivity contribution in [2.24, 2.45) is 0 Å². The van der Waals surface area contributed by atoms with Crippen molar-refractivity contribution < 1.29 is 13.9 Å². The summed E-state index contributed by atoms with van der Waals surface area (Å²) in [5.41, 5.74) is 5.74. The molecule has 0 aliphatic rings. The fraction of sp³-hybridized carbons (Fsp3) is 0.483. The third kappa shape index (κ3) is 5.67. The van der Waals surface area contributed by atoms with Gasteiger partial charge in [0.2, 0.25) is 0 Å². The molecule has 0 atom stereocenters. The highest BCUT2D eigenvalue weighted by atomic mass is 28.4. The first kappa shape index (κ1) is 28.6. The van der Waals surface area contributed by atoms with Crippen LogP contribution in [0.2, 0.25) is 18.1 Å². The number of rotatable bonds is 10. The molecular weight excluding hydrogens is 508 g/mol. The molecule has 1 aromatic carbocycles. The van der Waals surface area contributed by atoms with Gasteiger partial charge in [0.25, 0.3) is 0 Å². The Morgan fingerprint density at radius 1 is 1.08 bits per heavy atom. The number of H-pyrrole nitrogens is 1. The van der Waals surface area contributed by atoms with E-state index in [1.54, 1.807) is 20.5 Å². The van der Waals surface area contributed by atoms with Crippen molar-refractivity contribution in [1.29, 1.82) is 0 Å². The molecule has 0 radical (unpaired) electrons. The summed E-state index contributed by atoms with van der Waals surface area (Å²) in [6, 6.07) is 8.04. The number of aromatic nitrogens is 5. The van der Waals surface area contributed by atoms with Gasteiger partial charge in [0.15, 0.2) is 8.32 Å². The monoisotopic (exact) mass is 550 g/mol. The van der Waals surface area contributed by atoms with Gasteiger partial charge in [-0.1, -0.05) is 20.8 Å². The molecule has 0 saturated heterocycles. The van der Waals surface area contributed by atoms with Crippen LogP contribution in [0.3, 0.4) is 0 Å². The summed E-state index contributed by atoms with van der Waals surface area (Å²) in [6.07, 6.45) is 1.62. The summed E-state index contributed by atoms with van der Waals surface area (Å²) < 4.78 is 20.0. The Morgan fingerprint density at radius 2 is 1.82 bits per heavy atom. The maximum absolute atomic E-state index is 6.77. The smallest absolute Gasteiger partial charge is 0.192 e. The summed E-state index contributed by atoms with van der Waals surface area (Å²) in [7, 11) is 1.29. The fourth-order valence-corrected chi connectivity index (χ4v) is 5.41. The van der Waals surface area contributed by atoms with Gasteiger partial charge >= 0.3 is 0 Å². The van der Waals surface area contributed by atoms with E-state index in [1.807, 2.05) is 25.1 Å². The van der Waals surface area contributed by atoms with Crippen molar-refractivity contribution in [1.82, 2.24) is 24.7 Å². The second kappa shape index (κ2) is 11.0. The third-order valence-electron chi connectivity index (χ3n) is 7.68. The van der Waals surface area contributed by atoms with E-state index in [9.17, 15) is 0 Å².